The molecule has 2 heteroatoms. The Morgan fingerprint density at radius 2 is 1.81 bits per heavy atom. The molecule has 1 amide bonds. The van der Waals surface area contributed by atoms with E-state index in [1.807, 2.05) is 19.9 Å². The number of aryl methyl sites for hydroxylation is 1. The van der Waals surface area contributed by atoms with Gasteiger partial charge in [0.15, 0.2) is 0 Å². The molecule has 0 aliphatic carbocycles. The third kappa shape index (κ3) is 4.45. The smallest absolute Gasteiger partial charge is 0.223 e. The van der Waals surface area contributed by atoms with Crippen LogP contribution in [0.3, 0.4) is 0 Å². The Bertz CT molecular complexity index is 531. The number of amides is 1. The third-order valence-corrected chi connectivity index (χ3v) is 4.47. The molecule has 21 heavy (non-hydrogen) atoms. The van der Waals surface area contributed by atoms with Crippen molar-refractivity contribution in [1.82, 2.24) is 5.32 Å². The van der Waals surface area contributed by atoms with E-state index < -0.39 is 0 Å². The minimum absolute atomic E-state index is 0.0162. The molecule has 1 aromatic rings. The highest BCUT2D eigenvalue weighted by atomic mass is 16.1. The van der Waals surface area contributed by atoms with Gasteiger partial charge in [-0.15, -0.1) is 6.58 Å². The largest absolute Gasteiger partial charge is 0.353 e. The average molecular weight is 287 g/mol. The Kier molecular flexibility index (Phi) is 6.19. The summed E-state index contributed by atoms with van der Waals surface area (Å²) in [6, 6.07) is 2.38. The van der Waals surface area contributed by atoms with Crippen LogP contribution in [0.5, 0.6) is 0 Å². The van der Waals surface area contributed by atoms with E-state index in [0.717, 1.165) is 12.8 Å². The molecule has 0 heterocycles. The molecule has 0 unspecified atom stereocenters. The lowest BCUT2D eigenvalue weighted by Crippen LogP contribution is -2.36. The number of carbonyl (C=O) groups is 1. The lowest BCUT2D eigenvalue weighted by molar-refractivity contribution is -0.125. The number of rotatable bonds is 6. The van der Waals surface area contributed by atoms with Crippen LogP contribution < -0.4 is 5.32 Å². The molecule has 2 atom stereocenters. The molecule has 0 radical (unpaired) electrons. The Labute approximate surface area is 129 Å². The van der Waals surface area contributed by atoms with Crippen LogP contribution >= 0.6 is 0 Å². The van der Waals surface area contributed by atoms with Gasteiger partial charge < -0.3 is 5.32 Å². The van der Waals surface area contributed by atoms with Crippen molar-refractivity contribution in [2.45, 2.75) is 60.4 Å². The summed E-state index contributed by atoms with van der Waals surface area (Å²) < 4.78 is 0. The monoisotopic (exact) mass is 287 g/mol. The number of nitrogens with one attached hydrogen (secondary N) is 1. The van der Waals surface area contributed by atoms with Gasteiger partial charge in [0, 0.05) is 12.0 Å². The molecule has 1 rings (SSSR count). The van der Waals surface area contributed by atoms with Crippen molar-refractivity contribution in [2.75, 3.05) is 0 Å². The molecule has 0 fully saturated rings. The highest BCUT2D eigenvalue weighted by Gasteiger charge is 2.17. The zero-order chi connectivity index (χ0) is 16.2. The van der Waals surface area contributed by atoms with E-state index in [9.17, 15) is 4.79 Å². The summed E-state index contributed by atoms with van der Waals surface area (Å²) in [6.07, 6.45) is 3.44. The predicted molar refractivity (Wildman–Crippen MR) is 90.7 cm³/mol. The summed E-state index contributed by atoms with van der Waals surface area (Å²) >= 11 is 0. The van der Waals surface area contributed by atoms with E-state index in [-0.39, 0.29) is 17.9 Å². The first kappa shape index (κ1) is 17.5. The molecular weight excluding hydrogens is 258 g/mol. The Morgan fingerprint density at radius 3 is 2.38 bits per heavy atom. The summed E-state index contributed by atoms with van der Waals surface area (Å²) in [5, 5.41) is 3.05. The predicted octanol–water partition coefficient (Wildman–Crippen LogP) is 4.18. The SMILES string of the molecule is C=CC[C@@H](C)NC(=O)[C@@H](C)Cc1cc(C)c(C)c(C)c1C. The van der Waals surface area contributed by atoms with Gasteiger partial charge in [-0.3, -0.25) is 4.79 Å². The van der Waals surface area contributed by atoms with Crippen LogP contribution in [0.1, 0.15) is 48.1 Å². The quantitative estimate of drug-likeness (QED) is 0.781. The second kappa shape index (κ2) is 7.44. The molecule has 0 bridgehead atoms. The Balaban J connectivity index is 2.81. The molecule has 0 aliphatic heterocycles. The van der Waals surface area contributed by atoms with Gasteiger partial charge in [0.25, 0.3) is 0 Å². The highest BCUT2D eigenvalue weighted by molar-refractivity contribution is 5.79. The number of hydrogen-bond donors (Lipinski definition) is 1. The minimum atomic E-state index is -0.0162. The van der Waals surface area contributed by atoms with Crippen LogP contribution in [-0.4, -0.2) is 11.9 Å². The van der Waals surface area contributed by atoms with Crippen LogP contribution in [-0.2, 0) is 11.2 Å². The molecule has 2 nitrogen and oxygen atoms in total. The van der Waals surface area contributed by atoms with Crippen LogP contribution in [0.2, 0.25) is 0 Å². The topological polar surface area (TPSA) is 29.1 Å². The van der Waals surface area contributed by atoms with E-state index in [1.54, 1.807) is 0 Å². The van der Waals surface area contributed by atoms with Crippen molar-refractivity contribution >= 4 is 5.91 Å². The Hall–Kier alpha value is -1.57. The van der Waals surface area contributed by atoms with Gasteiger partial charge in [-0.1, -0.05) is 19.1 Å². The molecule has 0 saturated carbocycles. The number of hydrogen-bond acceptors (Lipinski definition) is 1. The molecule has 0 saturated heterocycles. The first-order valence-corrected chi connectivity index (χ1v) is 7.75. The van der Waals surface area contributed by atoms with Crippen LogP contribution in [0.4, 0.5) is 0 Å². The zero-order valence-corrected chi connectivity index (χ0v) is 14.3. The fraction of sp³-hybridized carbons (Fsp3) is 0.526. The van der Waals surface area contributed by atoms with Crippen molar-refractivity contribution in [3.8, 4) is 0 Å². The van der Waals surface area contributed by atoms with E-state index in [2.05, 4.69) is 45.7 Å². The molecule has 1 aromatic carbocycles. The van der Waals surface area contributed by atoms with E-state index in [4.69, 9.17) is 0 Å². The maximum absolute atomic E-state index is 12.2. The maximum Gasteiger partial charge on any atom is 0.223 e. The number of carbonyl (C=O) groups excluding carboxylic acids is 1. The van der Waals surface area contributed by atoms with Gasteiger partial charge in [-0.05, 0) is 75.3 Å². The fourth-order valence-corrected chi connectivity index (χ4v) is 2.62. The Morgan fingerprint density at radius 1 is 1.19 bits per heavy atom. The van der Waals surface area contributed by atoms with Crippen molar-refractivity contribution in [3.63, 3.8) is 0 Å². The van der Waals surface area contributed by atoms with Crippen molar-refractivity contribution in [1.29, 1.82) is 0 Å². The first-order chi connectivity index (χ1) is 9.77. The van der Waals surface area contributed by atoms with E-state index >= 15 is 0 Å². The van der Waals surface area contributed by atoms with E-state index in [1.165, 1.54) is 27.8 Å². The molecule has 0 spiro atoms. The molecule has 116 valence electrons. The molecular formula is C19H29NO. The van der Waals surface area contributed by atoms with Crippen molar-refractivity contribution in [2.24, 2.45) is 5.92 Å². The lowest BCUT2D eigenvalue weighted by atomic mass is 9.89. The van der Waals surface area contributed by atoms with Gasteiger partial charge in [0.2, 0.25) is 5.91 Å². The van der Waals surface area contributed by atoms with Crippen LogP contribution in [0.15, 0.2) is 18.7 Å². The van der Waals surface area contributed by atoms with Crippen LogP contribution in [0.25, 0.3) is 0 Å². The van der Waals surface area contributed by atoms with Gasteiger partial charge >= 0.3 is 0 Å². The maximum atomic E-state index is 12.2. The molecule has 0 aliphatic rings. The van der Waals surface area contributed by atoms with Crippen LogP contribution in [0, 0.1) is 33.6 Å². The highest BCUT2D eigenvalue weighted by Crippen LogP contribution is 2.23. The summed E-state index contributed by atoms with van der Waals surface area (Å²) in [7, 11) is 0. The summed E-state index contributed by atoms with van der Waals surface area (Å²) in [5.41, 5.74) is 6.61. The van der Waals surface area contributed by atoms with Gasteiger partial charge in [0.1, 0.15) is 0 Å². The molecule has 0 aromatic heterocycles. The summed E-state index contributed by atoms with van der Waals surface area (Å²) in [6.45, 7) is 16.3. The minimum Gasteiger partial charge on any atom is -0.353 e. The molecule has 1 N–H and O–H groups in total. The van der Waals surface area contributed by atoms with E-state index in [0.29, 0.717) is 0 Å². The fourth-order valence-electron chi connectivity index (χ4n) is 2.62. The summed E-state index contributed by atoms with van der Waals surface area (Å²) in [4.78, 5) is 12.2. The second-order valence-electron chi connectivity index (χ2n) is 6.27. The van der Waals surface area contributed by atoms with Crippen molar-refractivity contribution < 1.29 is 4.79 Å². The second-order valence-corrected chi connectivity index (χ2v) is 6.27. The normalized spacial score (nSPS) is 13.6. The van der Waals surface area contributed by atoms with Gasteiger partial charge in [-0.2, -0.15) is 0 Å². The number of benzene rings is 1. The zero-order valence-electron chi connectivity index (χ0n) is 14.3. The van der Waals surface area contributed by atoms with Crippen molar-refractivity contribution in [3.05, 3.63) is 46.5 Å². The third-order valence-electron chi connectivity index (χ3n) is 4.47. The first-order valence-electron chi connectivity index (χ1n) is 7.75. The lowest BCUT2D eigenvalue weighted by Gasteiger charge is -2.19. The summed E-state index contributed by atoms with van der Waals surface area (Å²) in [5.74, 6) is 0.108. The van der Waals surface area contributed by atoms with Gasteiger partial charge in [-0.25, -0.2) is 0 Å². The van der Waals surface area contributed by atoms with Gasteiger partial charge in [0.05, 0.1) is 0 Å². The average Bonchev–Trinajstić information content (AvgIpc) is 2.42. The standard InChI is InChI=1S/C19H29NO/c1-8-9-14(4)20-19(21)13(3)11-18-10-12(2)15(5)16(6)17(18)7/h8,10,13-14H,1,9,11H2,2-7H3,(H,20,21)/t13-,14+/m0/s1.